The summed E-state index contributed by atoms with van der Waals surface area (Å²) in [4.78, 5) is 27.7. The third-order valence-electron chi connectivity index (χ3n) is 6.95. The Kier molecular flexibility index (Phi) is 5.97. The normalized spacial score (nSPS) is 26.3. The fraction of sp³-hybridized carbons (Fsp3) is 0.750. The molecule has 2 saturated heterocycles. The lowest BCUT2D eigenvalue weighted by Crippen LogP contribution is -2.52. The predicted molar refractivity (Wildman–Crippen MR) is 117 cm³/mol. The van der Waals surface area contributed by atoms with Crippen LogP contribution >= 0.6 is 0 Å². The SMILES string of the molecule is Cc1oc2c(c1C(=O)NCC1C[C@H]3CC[C@@H](C1)N3CC(=O)NC(C)(C)C)CCCC2. The number of amides is 2. The number of aryl methyl sites for hydroxylation is 2. The molecule has 2 fully saturated rings. The molecule has 2 N–H and O–H groups in total. The summed E-state index contributed by atoms with van der Waals surface area (Å²) in [6, 6.07) is 0.916. The lowest BCUT2D eigenvalue weighted by molar-refractivity contribution is -0.125. The Labute approximate surface area is 180 Å². The van der Waals surface area contributed by atoms with Crippen LogP contribution in [0.15, 0.2) is 4.42 Å². The molecule has 1 aliphatic carbocycles. The molecule has 6 nitrogen and oxygen atoms in total. The number of piperidine rings is 1. The zero-order valence-electron chi connectivity index (χ0n) is 19.0. The fourth-order valence-corrected chi connectivity index (χ4v) is 5.76. The molecular weight excluding hydrogens is 378 g/mol. The highest BCUT2D eigenvalue weighted by molar-refractivity contribution is 5.97. The number of hydrogen-bond acceptors (Lipinski definition) is 4. The van der Waals surface area contributed by atoms with E-state index in [2.05, 4.69) is 15.5 Å². The molecule has 2 amide bonds. The lowest BCUT2D eigenvalue weighted by Gasteiger charge is -2.39. The van der Waals surface area contributed by atoms with Crippen LogP contribution in [-0.4, -0.2) is 47.4 Å². The Bertz CT molecular complexity index is 793. The molecule has 0 spiro atoms. The number of fused-ring (bicyclic) bond motifs is 3. The van der Waals surface area contributed by atoms with E-state index in [-0.39, 0.29) is 17.4 Å². The van der Waals surface area contributed by atoms with Crippen molar-refractivity contribution < 1.29 is 14.0 Å². The Balaban J connectivity index is 1.31. The second kappa shape index (κ2) is 8.37. The van der Waals surface area contributed by atoms with Gasteiger partial charge in [-0.3, -0.25) is 14.5 Å². The highest BCUT2D eigenvalue weighted by Crippen LogP contribution is 2.38. The average molecular weight is 416 g/mol. The van der Waals surface area contributed by atoms with Crippen LogP contribution < -0.4 is 10.6 Å². The quantitative estimate of drug-likeness (QED) is 0.773. The molecule has 3 heterocycles. The van der Waals surface area contributed by atoms with E-state index in [1.807, 2.05) is 27.7 Å². The van der Waals surface area contributed by atoms with Crippen LogP contribution in [0.3, 0.4) is 0 Å². The average Bonchev–Trinajstić information content (AvgIpc) is 3.09. The number of nitrogens with one attached hydrogen (secondary N) is 2. The Hall–Kier alpha value is -1.82. The van der Waals surface area contributed by atoms with Gasteiger partial charge in [0.25, 0.3) is 5.91 Å². The van der Waals surface area contributed by atoms with Crippen molar-refractivity contribution in [3.05, 3.63) is 22.6 Å². The van der Waals surface area contributed by atoms with Crippen molar-refractivity contribution in [3.8, 4) is 0 Å². The lowest BCUT2D eigenvalue weighted by atomic mass is 9.90. The second-order valence-electron chi connectivity index (χ2n) is 10.5. The molecular formula is C24H37N3O3. The predicted octanol–water partition coefficient (Wildman–Crippen LogP) is 3.35. The maximum Gasteiger partial charge on any atom is 0.255 e. The van der Waals surface area contributed by atoms with Gasteiger partial charge in [0.1, 0.15) is 11.5 Å². The van der Waals surface area contributed by atoms with Crippen molar-refractivity contribution in [1.29, 1.82) is 0 Å². The first-order valence-corrected chi connectivity index (χ1v) is 11.7. The summed E-state index contributed by atoms with van der Waals surface area (Å²) < 4.78 is 5.87. The minimum absolute atomic E-state index is 0.0266. The smallest absolute Gasteiger partial charge is 0.255 e. The molecule has 1 aromatic heterocycles. The highest BCUT2D eigenvalue weighted by Gasteiger charge is 2.41. The van der Waals surface area contributed by atoms with Crippen LogP contribution in [0.2, 0.25) is 0 Å². The minimum atomic E-state index is -0.191. The van der Waals surface area contributed by atoms with Gasteiger partial charge in [-0.05, 0) is 78.6 Å². The first kappa shape index (κ1) is 21.4. The monoisotopic (exact) mass is 415 g/mol. The second-order valence-corrected chi connectivity index (χ2v) is 10.5. The molecule has 166 valence electrons. The summed E-state index contributed by atoms with van der Waals surface area (Å²) in [5.74, 6) is 2.41. The first-order chi connectivity index (χ1) is 14.2. The van der Waals surface area contributed by atoms with Gasteiger partial charge >= 0.3 is 0 Å². The molecule has 0 saturated carbocycles. The number of carbonyl (C=O) groups excluding carboxylic acids is 2. The summed E-state index contributed by atoms with van der Waals surface area (Å²) in [5, 5.41) is 6.29. The van der Waals surface area contributed by atoms with Crippen molar-refractivity contribution in [3.63, 3.8) is 0 Å². The standard InChI is InChI=1S/C24H37N3O3/c1-15-22(19-7-5-6-8-20(19)30-15)23(29)25-13-16-11-17-9-10-18(12-16)27(17)14-21(28)26-24(2,3)4/h16-18H,5-14H2,1-4H3,(H,25,29)(H,26,28)/t16?,17-,18+. The highest BCUT2D eigenvalue weighted by atomic mass is 16.3. The fourth-order valence-electron chi connectivity index (χ4n) is 5.76. The molecule has 2 aliphatic heterocycles. The van der Waals surface area contributed by atoms with Gasteiger partial charge < -0.3 is 15.1 Å². The van der Waals surface area contributed by atoms with Gasteiger partial charge in [0.2, 0.25) is 5.91 Å². The molecule has 2 bridgehead atoms. The van der Waals surface area contributed by atoms with Gasteiger partial charge in [-0.2, -0.15) is 0 Å². The molecule has 0 radical (unpaired) electrons. The first-order valence-electron chi connectivity index (χ1n) is 11.7. The van der Waals surface area contributed by atoms with E-state index < -0.39 is 0 Å². The van der Waals surface area contributed by atoms with Gasteiger partial charge in [0.05, 0.1) is 12.1 Å². The van der Waals surface area contributed by atoms with Crippen molar-refractivity contribution in [1.82, 2.24) is 15.5 Å². The van der Waals surface area contributed by atoms with Crippen LogP contribution in [0.1, 0.15) is 86.7 Å². The Morgan fingerprint density at radius 2 is 1.77 bits per heavy atom. The van der Waals surface area contributed by atoms with Gasteiger partial charge in [-0.1, -0.05) is 0 Å². The van der Waals surface area contributed by atoms with Crippen LogP contribution in [-0.2, 0) is 17.6 Å². The molecule has 1 unspecified atom stereocenters. The van der Waals surface area contributed by atoms with E-state index in [0.717, 1.165) is 74.0 Å². The maximum absolute atomic E-state index is 12.9. The maximum atomic E-state index is 12.9. The molecule has 3 aliphatic rings. The molecule has 6 heteroatoms. The number of carbonyl (C=O) groups is 2. The van der Waals surface area contributed by atoms with E-state index in [1.165, 1.54) is 0 Å². The van der Waals surface area contributed by atoms with E-state index in [0.29, 0.717) is 31.1 Å². The van der Waals surface area contributed by atoms with Crippen LogP contribution in [0.5, 0.6) is 0 Å². The topological polar surface area (TPSA) is 74.6 Å². The number of nitrogens with zero attached hydrogens (tertiary/aromatic N) is 1. The molecule has 0 aromatic carbocycles. The third kappa shape index (κ3) is 4.58. The van der Waals surface area contributed by atoms with Crippen molar-refractivity contribution in [2.45, 2.75) is 96.7 Å². The van der Waals surface area contributed by atoms with Crippen molar-refractivity contribution in [2.75, 3.05) is 13.1 Å². The third-order valence-corrected chi connectivity index (χ3v) is 6.95. The molecule has 30 heavy (non-hydrogen) atoms. The summed E-state index contributed by atoms with van der Waals surface area (Å²) in [6.45, 7) is 9.18. The van der Waals surface area contributed by atoms with E-state index >= 15 is 0 Å². The van der Waals surface area contributed by atoms with Crippen LogP contribution in [0.4, 0.5) is 0 Å². The van der Waals surface area contributed by atoms with Crippen LogP contribution in [0.25, 0.3) is 0 Å². The van der Waals surface area contributed by atoms with E-state index in [1.54, 1.807) is 0 Å². The molecule has 3 atom stereocenters. The number of furan rings is 1. The van der Waals surface area contributed by atoms with E-state index in [9.17, 15) is 9.59 Å². The van der Waals surface area contributed by atoms with Gasteiger partial charge in [-0.15, -0.1) is 0 Å². The van der Waals surface area contributed by atoms with Gasteiger partial charge in [-0.25, -0.2) is 0 Å². The Morgan fingerprint density at radius 3 is 2.43 bits per heavy atom. The zero-order valence-corrected chi connectivity index (χ0v) is 19.0. The summed E-state index contributed by atoms with van der Waals surface area (Å²) >= 11 is 0. The molecule has 4 rings (SSSR count). The number of hydrogen-bond donors (Lipinski definition) is 2. The van der Waals surface area contributed by atoms with Gasteiger partial charge in [0.15, 0.2) is 0 Å². The molecule has 1 aromatic rings. The Morgan fingerprint density at radius 1 is 1.10 bits per heavy atom. The van der Waals surface area contributed by atoms with Crippen molar-refractivity contribution >= 4 is 11.8 Å². The minimum Gasteiger partial charge on any atom is -0.465 e. The van der Waals surface area contributed by atoms with Crippen LogP contribution in [0, 0.1) is 12.8 Å². The van der Waals surface area contributed by atoms with Gasteiger partial charge in [0, 0.05) is 36.2 Å². The zero-order chi connectivity index (χ0) is 21.5. The largest absolute Gasteiger partial charge is 0.465 e. The van der Waals surface area contributed by atoms with Crippen molar-refractivity contribution in [2.24, 2.45) is 5.92 Å². The summed E-state index contributed by atoms with van der Waals surface area (Å²) in [5.41, 5.74) is 1.73. The van der Waals surface area contributed by atoms with E-state index in [4.69, 9.17) is 4.42 Å². The summed E-state index contributed by atoms with van der Waals surface area (Å²) in [6.07, 6.45) is 8.62. The number of rotatable bonds is 5. The summed E-state index contributed by atoms with van der Waals surface area (Å²) in [7, 11) is 0.